The van der Waals surface area contributed by atoms with Crippen LogP contribution in [0.5, 0.6) is 0 Å². The van der Waals surface area contributed by atoms with Gasteiger partial charge < -0.3 is 9.88 Å². The van der Waals surface area contributed by atoms with Gasteiger partial charge >= 0.3 is 0 Å². The maximum atomic E-state index is 13.5. The molecule has 7 heteroatoms. The van der Waals surface area contributed by atoms with Gasteiger partial charge in [-0.3, -0.25) is 4.79 Å². The molecule has 1 aliphatic heterocycles. The largest absolute Gasteiger partial charge is 0.345 e. The third kappa shape index (κ3) is 2.80. The lowest BCUT2D eigenvalue weighted by Crippen LogP contribution is -2.60. The zero-order chi connectivity index (χ0) is 22.8. The molecule has 1 aliphatic rings. The molecule has 0 aliphatic carbocycles. The van der Waals surface area contributed by atoms with Crippen molar-refractivity contribution in [1.29, 1.82) is 0 Å². The van der Waals surface area contributed by atoms with Crippen molar-refractivity contribution < 1.29 is 4.79 Å². The number of hydrogen-bond acceptors (Lipinski definition) is 4. The van der Waals surface area contributed by atoms with E-state index in [0.717, 1.165) is 28.5 Å². The van der Waals surface area contributed by atoms with Gasteiger partial charge in [0.05, 0.1) is 22.9 Å². The number of fused-ring (bicyclic) bond motifs is 2. The molecule has 32 heavy (non-hydrogen) atoms. The highest BCUT2D eigenvalue weighted by atomic mass is 16.2. The molecule has 2 aromatic carbocycles. The summed E-state index contributed by atoms with van der Waals surface area (Å²) in [5.74, 6) is 0.0760. The zero-order valence-electron chi connectivity index (χ0n) is 19.6. The minimum absolute atomic E-state index is 0.0611. The summed E-state index contributed by atoms with van der Waals surface area (Å²) in [7, 11) is 1.93. The standard InChI is InChI=1S/C25H30N6O/c1-15-11-21-22(30(6)29-28-21)13-18(15)25(5)9-10-31(16(2)24(25,3)4)23(32)17-7-8-19-20(12-17)27-14-26-19/h7-8,11-14,16H,9-10H2,1-6H3,(H,26,27)/t16-,25+/m1/s1. The fraction of sp³-hybridized carbons (Fsp3) is 0.440. The van der Waals surface area contributed by atoms with E-state index in [2.05, 4.69) is 67.0 Å². The molecule has 0 saturated carbocycles. The first-order chi connectivity index (χ1) is 15.1. The molecule has 1 fully saturated rings. The monoisotopic (exact) mass is 430 g/mol. The van der Waals surface area contributed by atoms with E-state index in [1.165, 1.54) is 11.1 Å². The van der Waals surface area contributed by atoms with Crippen LogP contribution in [0.15, 0.2) is 36.7 Å². The topological polar surface area (TPSA) is 79.7 Å². The molecule has 0 spiro atoms. The van der Waals surface area contributed by atoms with E-state index in [0.29, 0.717) is 12.1 Å². The second kappa shape index (κ2) is 6.89. The number of hydrogen-bond donors (Lipinski definition) is 1. The van der Waals surface area contributed by atoms with Crippen LogP contribution in [-0.4, -0.2) is 48.4 Å². The van der Waals surface area contributed by atoms with Crippen molar-refractivity contribution >= 4 is 28.0 Å². The Morgan fingerprint density at radius 1 is 1.16 bits per heavy atom. The minimum Gasteiger partial charge on any atom is -0.345 e. The predicted octanol–water partition coefficient (Wildman–Crippen LogP) is 4.37. The summed E-state index contributed by atoms with van der Waals surface area (Å²) in [4.78, 5) is 22.9. The number of likely N-dealkylation sites (tertiary alicyclic amines) is 1. The van der Waals surface area contributed by atoms with Crippen LogP contribution >= 0.6 is 0 Å². The third-order valence-electron chi connectivity index (χ3n) is 8.27. The summed E-state index contributed by atoms with van der Waals surface area (Å²) < 4.78 is 1.84. The summed E-state index contributed by atoms with van der Waals surface area (Å²) in [5, 5.41) is 8.47. The van der Waals surface area contributed by atoms with E-state index in [1.54, 1.807) is 6.33 Å². The second-order valence-corrected chi connectivity index (χ2v) is 9.98. The number of piperidine rings is 1. The molecule has 2 aromatic heterocycles. The van der Waals surface area contributed by atoms with Crippen molar-refractivity contribution in [2.45, 2.75) is 52.5 Å². The van der Waals surface area contributed by atoms with Gasteiger partial charge in [-0.1, -0.05) is 26.0 Å². The summed E-state index contributed by atoms with van der Waals surface area (Å²) in [6.45, 7) is 12.0. The van der Waals surface area contributed by atoms with Crippen molar-refractivity contribution in [3.63, 3.8) is 0 Å². The smallest absolute Gasteiger partial charge is 0.254 e. The Bertz CT molecular complexity index is 1350. The molecule has 0 bridgehead atoms. The number of imidazole rings is 1. The number of H-pyrrole nitrogens is 1. The van der Waals surface area contributed by atoms with E-state index in [4.69, 9.17) is 0 Å². The number of aromatic amines is 1. The number of amides is 1. The molecule has 3 heterocycles. The summed E-state index contributed by atoms with van der Waals surface area (Å²) in [5.41, 5.74) is 6.72. The van der Waals surface area contributed by atoms with Gasteiger partial charge in [-0.25, -0.2) is 9.67 Å². The minimum atomic E-state index is -0.149. The van der Waals surface area contributed by atoms with Gasteiger partial charge in [0.2, 0.25) is 0 Å². The maximum Gasteiger partial charge on any atom is 0.254 e. The van der Waals surface area contributed by atoms with Crippen molar-refractivity contribution in [1.82, 2.24) is 29.9 Å². The first-order valence-corrected chi connectivity index (χ1v) is 11.2. The number of benzene rings is 2. The Morgan fingerprint density at radius 3 is 2.72 bits per heavy atom. The lowest BCUT2D eigenvalue weighted by atomic mass is 9.55. The molecule has 5 rings (SSSR count). The van der Waals surface area contributed by atoms with E-state index in [9.17, 15) is 4.79 Å². The molecule has 1 amide bonds. The summed E-state index contributed by atoms with van der Waals surface area (Å²) in [6.07, 6.45) is 2.55. The summed E-state index contributed by atoms with van der Waals surface area (Å²) in [6, 6.07) is 10.1. The fourth-order valence-electron chi connectivity index (χ4n) is 5.48. The molecule has 0 unspecified atom stereocenters. The van der Waals surface area contributed by atoms with Gasteiger partial charge in [0.1, 0.15) is 5.52 Å². The van der Waals surface area contributed by atoms with Crippen LogP contribution in [0.1, 0.15) is 55.6 Å². The van der Waals surface area contributed by atoms with Crippen molar-refractivity contribution in [3.05, 3.63) is 53.3 Å². The average molecular weight is 431 g/mol. The molecular formula is C25H30N6O. The van der Waals surface area contributed by atoms with Gasteiger partial charge in [-0.2, -0.15) is 0 Å². The molecule has 2 atom stereocenters. The van der Waals surface area contributed by atoms with Crippen LogP contribution in [0.25, 0.3) is 22.1 Å². The molecular weight excluding hydrogens is 400 g/mol. The van der Waals surface area contributed by atoms with E-state index in [1.807, 2.05) is 34.8 Å². The third-order valence-corrected chi connectivity index (χ3v) is 8.27. The van der Waals surface area contributed by atoms with E-state index in [-0.39, 0.29) is 22.8 Å². The van der Waals surface area contributed by atoms with Gasteiger partial charge in [0.25, 0.3) is 5.91 Å². The Labute approximate surface area is 187 Å². The maximum absolute atomic E-state index is 13.5. The Morgan fingerprint density at radius 2 is 1.94 bits per heavy atom. The number of aryl methyl sites for hydroxylation is 2. The fourth-order valence-corrected chi connectivity index (χ4v) is 5.48. The highest BCUT2D eigenvalue weighted by Gasteiger charge is 2.52. The average Bonchev–Trinajstić information content (AvgIpc) is 3.37. The Kier molecular flexibility index (Phi) is 4.45. The lowest BCUT2D eigenvalue weighted by Gasteiger charge is -2.56. The van der Waals surface area contributed by atoms with Gasteiger partial charge in [0, 0.05) is 30.6 Å². The number of carbonyl (C=O) groups is 1. The van der Waals surface area contributed by atoms with Crippen molar-refractivity contribution in [2.24, 2.45) is 12.5 Å². The first-order valence-electron chi connectivity index (χ1n) is 11.2. The van der Waals surface area contributed by atoms with Crippen LogP contribution in [0, 0.1) is 12.3 Å². The highest BCUT2D eigenvalue weighted by Crippen LogP contribution is 2.52. The zero-order valence-corrected chi connectivity index (χ0v) is 19.6. The number of aromatic nitrogens is 5. The van der Waals surface area contributed by atoms with Crippen LogP contribution in [0.2, 0.25) is 0 Å². The summed E-state index contributed by atoms with van der Waals surface area (Å²) >= 11 is 0. The molecule has 1 N–H and O–H groups in total. The van der Waals surface area contributed by atoms with E-state index >= 15 is 0 Å². The van der Waals surface area contributed by atoms with Gasteiger partial charge in [-0.05, 0) is 67.1 Å². The van der Waals surface area contributed by atoms with Crippen LogP contribution in [0.4, 0.5) is 0 Å². The number of nitrogens with one attached hydrogen (secondary N) is 1. The quantitative estimate of drug-likeness (QED) is 0.512. The predicted molar refractivity (Wildman–Crippen MR) is 126 cm³/mol. The normalized spacial score (nSPS) is 23.2. The van der Waals surface area contributed by atoms with Gasteiger partial charge in [-0.15, -0.1) is 5.10 Å². The lowest BCUT2D eigenvalue weighted by molar-refractivity contribution is -0.00986. The van der Waals surface area contributed by atoms with Crippen molar-refractivity contribution in [3.8, 4) is 0 Å². The molecule has 0 radical (unpaired) electrons. The van der Waals surface area contributed by atoms with Gasteiger partial charge in [0.15, 0.2) is 0 Å². The molecule has 7 nitrogen and oxygen atoms in total. The van der Waals surface area contributed by atoms with Crippen molar-refractivity contribution in [2.75, 3.05) is 6.54 Å². The van der Waals surface area contributed by atoms with Crippen LogP contribution < -0.4 is 0 Å². The molecule has 4 aromatic rings. The Balaban J connectivity index is 1.52. The molecule has 1 saturated heterocycles. The number of nitrogens with zero attached hydrogens (tertiary/aromatic N) is 5. The number of rotatable bonds is 2. The second-order valence-electron chi connectivity index (χ2n) is 9.98. The van der Waals surface area contributed by atoms with Crippen LogP contribution in [0.3, 0.4) is 0 Å². The Hall–Kier alpha value is -3.22. The molecule has 166 valence electrons. The van der Waals surface area contributed by atoms with E-state index < -0.39 is 0 Å². The number of carbonyl (C=O) groups excluding carboxylic acids is 1. The SMILES string of the molecule is Cc1cc2nnn(C)c2cc1[C@]1(C)CCN(C(=O)c2ccc3nc[nH]c3c2)[C@H](C)C1(C)C. The highest BCUT2D eigenvalue weighted by molar-refractivity contribution is 5.97. The van der Waals surface area contributed by atoms with Crippen LogP contribution in [-0.2, 0) is 12.5 Å². The first kappa shape index (κ1) is 20.7.